The predicted molar refractivity (Wildman–Crippen MR) is 62.0 cm³/mol. The molecule has 15 heavy (non-hydrogen) atoms. The van der Waals surface area contributed by atoms with Gasteiger partial charge in [0.15, 0.2) is 0 Å². The molecule has 0 spiro atoms. The second-order valence-electron chi connectivity index (χ2n) is 3.59. The van der Waals surface area contributed by atoms with Gasteiger partial charge in [0.2, 0.25) is 0 Å². The molecule has 4 heteroatoms. The summed E-state index contributed by atoms with van der Waals surface area (Å²) in [4.78, 5) is 15.5. The van der Waals surface area contributed by atoms with Gasteiger partial charge in [-0.05, 0) is 41.9 Å². The maximum Gasteiger partial charge on any atom is 0.137 e. The molecule has 0 saturated heterocycles. The number of aryl methyl sites for hydroxylation is 1. The van der Waals surface area contributed by atoms with Gasteiger partial charge in [-0.1, -0.05) is 6.07 Å². The van der Waals surface area contributed by atoms with Gasteiger partial charge in [-0.25, -0.2) is 4.98 Å². The molecule has 0 atom stereocenters. The second kappa shape index (κ2) is 3.77. The van der Waals surface area contributed by atoms with Gasteiger partial charge in [0.1, 0.15) is 16.2 Å². The number of hydrogen-bond donors (Lipinski definition) is 0. The van der Waals surface area contributed by atoms with Crippen molar-refractivity contribution in [3.63, 3.8) is 0 Å². The highest BCUT2D eigenvalue weighted by Crippen LogP contribution is 2.20. The number of imidazole rings is 1. The highest BCUT2D eigenvalue weighted by Gasteiger charge is 2.11. The van der Waals surface area contributed by atoms with Crippen LogP contribution in [0.2, 0.25) is 0 Å². The summed E-state index contributed by atoms with van der Waals surface area (Å²) in [7, 11) is 0. The standard InChI is InChI=1S/C11H11BrN2O/c1-7-4-3-5-9-11(12)13-10(14(7)9)6-8(2)15/h3-5H,6H2,1-2H3. The van der Waals surface area contributed by atoms with Crippen molar-refractivity contribution in [3.8, 4) is 0 Å². The fraction of sp³-hybridized carbons (Fsp3) is 0.273. The number of aromatic nitrogens is 2. The number of nitrogens with zero attached hydrogens (tertiary/aromatic N) is 2. The van der Waals surface area contributed by atoms with E-state index in [-0.39, 0.29) is 5.78 Å². The van der Waals surface area contributed by atoms with Gasteiger partial charge in [-0.2, -0.15) is 0 Å². The molecular weight excluding hydrogens is 256 g/mol. The van der Waals surface area contributed by atoms with E-state index in [0.29, 0.717) is 6.42 Å². The van der Waals surface area contributed by atoms with E-state index in [1.54, 1.807) is 6.92 Å². The van der Waals surface area contributed by atoms with Crippen LogP contribution < -0.4 is 0 Å². The van der Waals surface area contributed by atoms with Gasteiger partial charge in [0.25, 0.3) is 0 Å². The zero-order chi connectivity index (χ0) is 11.0. The third-order valence-corrected chi connectivity index (χ3v) is 2.87. The summed E-state index contributed by atoms with van der Waals surface area (Å²) in [5, 5.41) is 0. The van der Waals surface area contributed by atoms with Gasteiger partial charge < -0.3 is 0 Å². The fourth-order valence-electron chi connectivity index (χ4n) is 1.68. The molecule has 0 aliphatic rings. The van der Waals surface area contributed by atoms with Crippen molar-refractivity contribution in [3.05, 3.63) is 34.3 Å². The Balaban J connectivity index is 2.70. The highest BCUT2D eigenvalue weighted by molar-refractivity contribution is 9.10. The van der Waals surface area contributed by atoms with Crippen molar-refractivity contribution < 1.29 is 4.79 Å². The highest BCUT2D eigenvalue weighted by atomic mass is 79.9. The zero-order valence-electron chi connectivity index (χ0n) is 8.62. The van der Waals surface area contributed by atoms with Crippen molar-refractivity contribution in [2.75, 3.05) is 0 Å². The number of rotatable bonds is 2. The van der Waals surface area contributed by atoms with E-state index in [0.717, 1.165) is 21.6 Å². The smallest absolute Gasteiger partial charge is 0.137 e. The molecule has 2 aromatic heterocycles. The topological polar surface area (TPSA) is 34.4 Å². The summed E-state index contributed by atoms with van der Waals surface area (Å²) >= 11 is 3.40. The largest absolute Gasteiger partial charge is 0.300 e. The van der Waals surface area contributed by atoms with E-state index in [4.69, 9.17) is 0 Å². The van der Waals surface area contributed by atoms with Crippen LogP contribution in [0.15, 0.2) is 22.8 Å². The minimum absolute atomic E-state index is 0.123. The van der Waals surface area contributed by atoms with Gasteiger partial charge in [-0.15, -0.1) is 0 Å². The lowest BCUT2D eigenvalue weighted by atomic mass is 10.3. The molecule has 0 fully saturated rings. The summed E-state index contributed by atoms with van der Waals surface area (Å²) in [5.74, 6) is 0.917. The van der Waals surface area contributed by atoms with Crippen LogP contribution in [-0.4, -0.2) is 15.2 Å². The molecule has 0 unspecified atom stereocenters. The summed E-state index contributed by atoms with van der Waals surface area (Å²) < 4.78 is 2.80. The molecule has 2 heterocycles. The number of pyridine rings is 1. The lowest BCUT2D eigenvalue weighted by Crippen LogP contribution is -2.03. The first kappa shape index (κ1) is 10.4. The number of halogens is 1. The van der Waals surface area contributed by atoms with E-state index >= 15 is 0 Å². The van der Waals surface area contributed by atoms with Crippen LogP contribution in [0.25, 0.3) is 5.52 Å². The lowest BCUT2D eigenvalue weighted by Gasteiger charge is -2.02. The number of Topliss-reactive ketones (excluding diaryl/α,β-unsaturated/α-hetero) is 1. The molecule has 0 amide bonds. The lowest BCUT2D eigenvalue weighted by molar-refractivity contribution is -0.116. The molecule has 2 aromatic rings. The maximum absolute atomic E-state index is 11.1. The SMILES string of the molecule is CC(=O)Cc1nc(Br)c2cccc(C)n12. The van der Waals surface area contributed by atoms with E-state index in [1.807, 2.05) is 29.5 Å². The normalized spacial score (nSPS) is 10.9. The zero-order valence-corrected chi connectivity index (χ0v) is 10.2. The number of ketones is 1. The van der Waals surface area contributed by atoms with Gasteiger partial charge in [-0.3, -0.25) is 9.20 Å². The van der Waals surface area contributed by atoms with Crippen molar-refractivity contribution >= 4 is 27.2 Å². The molecule has 0 aromatic carbocycles. The monoisotopic (exact) mass is 266 g/mol. The minimum atomic E-state index is 0.123. The molecule has 3 nitrogen and oxygen atoms in total. The predicted octanol–water partition coefficient (Wildman–Crippen LogP) is 2.54. The summed E-state index contributed by atoms with van der Waals surface area (Å²) in [6, 6.07) is 5.97. The van der Waals surface area contributed by atoms with Crippen LogP contribution >= 0.6 is 15.9 Å². The van der Waals surface area contributed by atoms with Crippen LogP contribution in [0.5, 0.6) is 0 Å². The third-order valence-electron chi connectivity index (χ3n) is 2.29. The Bertz CT molecular complexity index is 531. The first-order valence-electron chi connectivity index (χ1n) is 4.71. The fourth-order valence-corrected chi connectivity index (χ4v) is 2.20. The van der Waals surface area contributed by atoms with Crippen molar-refractivity contribution in [2.45, 2.75) is 20.3 Å². The first-order chi connectivity index (χ1) is 7.09. The molecule has 2 rings (SSSR count). The molecule has 78 valence electrons. The molecule has 0 radical (unpaired) electrons. The summed E-state index contributed by atoms with van der Waals surface area (Å²) in [5.41, 5.74) is 2.09. The second-order valence-corrected chi connectivity index (χ2v) is 4.34. The van der Waals surface area contributed by atoms with Crippen LogP contribution in [-0.2, 0) is 11.2 Å². The van der Waals surface area contributed by atoms with Gasteiger partial charge in [0.05, 0.1) is 11.9 Å². The Morgan fingerprint density at radius 3 is 2.93 bits per heavy atom. The summed E-state index contributed by atoms with van der Waals surface area (Å²) in [6.07, 6.45) is 0.373. The van der Waals surface area contributed by atoms with Crippen LogP contribution in [0, 0.1) is 6.92 Å². The van der Waals surface area contributed by atoms with Crippen molar-refractivity contribution in [2.24, 2.45) is 0 Å². The molecule has 0 saturated carbocycles. The average Bonchev–Trinajstić information content (AvgIpc) is 2.44. The minimum Gasteiger partial charge on any atom is -0.300 e. The number of carbonyl (C=O) groups excluding carboxylic acids is 1. The van der Waals surface area contributed by atoms with Crippen LogP contribution in [0.4, 0.5) is 0 Å². The number of fused-ring (bicyclic) bond motifs is 1. The molecule has 0 N–H and O–H groups in total. The summed E-state index contributed by atoms with van der Waals surface area (Å²) in [6.45, 7) is 3.58. The average molecular weight is 267 g/mol. The maximum atomic E-state index is 11.1. The van der Waals surface area contributed by atoms with Crippen LogP contribution in [0.3, 0.4) is 0 Å². The molecular formula is C11H11BrN2O. The van der Waals surface area contributed by atoms with E-state index < -0.39 is 0 Å². The quantitative estimate of drug-likeness (QED) is 0.838. The Morgan fingerprint density at radius 1 is 1.53 bits per heavy atom. The van der Waals surface area contributed by atoms with Crippen molar-refractivity contribution in [1.82, 2.24) is 9.38 Å². The molecule has 0 aliphatic heterocycles. The van der Waals surface area contributed by atoms with E-state index in [9.17, 15) is 4.79 Å². The Kier molecular flexibility index (Phi) is 2.61. The van der Waals surface area contributed by atoms with Crippen LogP contribution in [0.1, 0.15) is 18.4 Å². The number of hydrogen-bond acceptors (Lipinski definition) is 2. The Morgan fingerprint density at radius 2 is 2.27 bits per heavy atom. The first-order valence-corrected chi connectivity index (χ1v) is 5.51. The molecule has 0 bridgehead atoms. The van der Waals surface area contributed by atoms with E-state index in [2.05, 4.69) is 20.9 Å². The third kappa shape index (κ3) is 1.81. The Labute approximate surface area is 96.3 Å². The Hall–Kier alpha value is -1.16. The van der Waals surface area contributed by atoms with Gasteiger partial charge in [0, 0.05) is 5.69 Å². The van der Waals surface area contributed by atoms with E-state index in [1.165, 1.54) is 0 Å². The van der Waals surface area contributed by atoms with Crippen molar-refractivity contribution in [1.29, 1.82) is 0 Å². The number of carbonyl (C=O) groups is 1. The molecule has 0 aliphatic carbocycles. The van der Waals surface area contributed by atoms with Gasteiger partial charge >= 0.3 is 0 Å².